The van der Waals surface area contributed by atoms with Crippen molar-refractivity contribution >= 4 is 21.8 Å². The van der Waals surface area contributed by atoms with Gasteiger partial charge in [0.05, 0.1) is 18.7 Å². The Morgan fingerprint density at radius 2 is 1.78 bits per heavy atom. The van der Waals surface area contributed by atoms with Crippen LogP contribution < -0.4 is 19.5 Å². The number of nitrogens with one attached hydrogen (secondary N) is 1. The van der Waals surface area contributed by atoms with Crippen molar-refractivity contribution in [1.82, 2.24) is 5.32 Å². The number of carbonyl (C=O) groups excluding carboxylic acids is 1. The summed E-state index contributed by atoms with van der Waals surface area (Å²) in [6.45, 7) is 0.342. The van der Waals surface area contributed by atoms with Gasteiger partial charge < -0.3 is 19.5 Å². The molecule has 0 aromatic heterocycles. The van der Waals surface area contributed by atoms with Gasteiger partial charge >= 0.3 is 0 Å². The maximum atomic E-state index is 11.9. The first-order chi connectivity index (χ1) is 11.1. The second-order valence-electron chi connectivity index (χ2n) is 4.69. The Morgan fingerprint density at radius 1 is 1.04 bits per heavy atom. The molecule has 0 aliphatic rings. The molecule has 122 valence electrons. The van der Waals surface area contributed by atoms with Crippen molar-refractivity contribution in [3.8, 4) is 17.2 Å². The van der Waals surface area contributed by atoms with Gasteiger partial charge in [-0.2, -0.15) is 0 Å². The first-order valence-electron chi connectivity index (χ1n) is 6.99. The van der Waals surface area contributed by atoms with Crippen LogP contribution in [0.4, 0.5) is 0 Å². The van der Waals surface area contributed by atoms with Crippen molar-refractivity contribution < 1.29 is 19.0 Å². The lowest BCUT2D eigenvalue weighted by atomic mass is 10.2. The zero-order valence-corrected chi connectivity index (χ0v) is 14.6. The molecule has 0 atom stereocenters. The summed E-state index contributed by atoms with van der Waals surface area (Å²) in [5, 5.41) is 2.80. The van der Waals surface area contributed by atoms with Crippen LogP contribution in [0.25, 0.3) is 0 Å². The summed E-state index contributed by atoms with van der Waals surface area (Å²) in [6.07, 6.45) is 0. The number of hydrogen-bond donors (Lipinski definition) is 1. The maximum Gasteiger partial charge on any atom is 0.258 e. The van der Waals surface area contributed by atoms with E-state index in [4.69, 9.17) is 14.2 Å². The number of methoxy groups -OCH3 is 2. The summed E-state index contributed by atoms with van der Waals surface area (Å²) in [7, 11) is 3.16. The molecule has 6 heteroatoms. The quantitative estimate of drug-likeness (QED) is 0.802. The van der Waals surface area contributed by atoms with Crippen LogP contribution in [0, 0.1) is 0 Å². The van der Waals surface area contributed by atoms with Crippen LogP contribution in [-0.4, -0.2) is 26.7 Å². The monoisotopic (exact) mass is 379 g/mol. The lowest BCUT2D eigenvalue weighted by Crippen LogP contribution is -2.28. The molecule has 2 aromatic rings. The van der Waals surface area contributed by atoms with Crippen LogP contribution in [0.15, 0.2) is 46.9 Å². The second-order valence-corrected chi connectivity index (χ2v) is 5.54. The van der Waals surface area contributed by atoms with Gasteiger partial charge in [0.25, 0.3) is 5.91 Å². The predicted octanol–water partition coefficient (Wildman–Crippen LogP) is 3.16. The Bertz CT molecular complexity index is 675. The van der Waals surface area contributed by atoms with Gasteiger partial charge in [-0.25, -0.2) is 0 Å². The van der Waals surface area contributed by atoms with E-state index in [0.29, 0.717) is 23.8 Å². The van der Waals surface area contributed by atoms with Crippen molar-refractivity contribution in [2.75, 3.05) is 20.8 Å². The minimum Gasteiger partial charge on any atom is -0.493 e. The molecule has 5 nitrogen and oxygen atoms in total. The Balaban J connectivity index is 1.86. The van der Waals surface area contributed by atoms with Crippen molar-refractivity contribution in [3.05, 3.63) is 52.5 Å². The lowest BCUT2D eigenvalue weighted by Gasteiger charge is -2.11. The van der Waals surface area contributed by atoms with E-state index < -0.39 is 0 Å². The zero-order valence-electron chi connectivity index (χ0n) is 13.0. The summed E-state index contributed by atoms with van der Waals surface area (Å²) < 4.78 is 16.7. The number of amides is 1. The first-order valence-corrected chi connectivity index (χ1v) is 7.78. The summed E-state index contributed by atoms with van der Waals surface area (Å²) in [6, 6.07) is 12.9. The molecule has 0 heterocycles. The highest BCUT2D eigenvalue weighted by Crippen LogP contribution is 2.27. The Labute approximate surface area is 143 Å². The molecule has 1 amide bonds. The SMILES string of the molecule is COc1ccc(CNC(=O)COc2ccccc2Br)cc1OC. The van der Waals surface area contributed by atoms with Crippen LogP contribution in [0.3, 0.4) is 0 Å². The van der Waals surface area contributed by atoms with Gasteiger partial charge in [-0.15, -0.1) is 0 Å². The molecule has 0 unspecified atom stereocenters. The molecule has 0 aliphatic carbocycles. The fourth-order valence-electron chi connectivity index (χ4n) is 1.95. The highest BCUT2D eigenvalue weighted by atomic mass is 79.9. The summed E-state index contributed by atoms with van der Waals surface area (Å²) in [5.74, 6) is 1.72. The molecule has 0 bridgehead atoms. The molecular weight excluding hydrogens is 362 g/mol. The number of para-hydroxylation sites is 1. The topological polar surface area (TPSA) is 56.8 Å². The molecule has 2 rings (SSSR count). The third-order valence-corrected chi connectivity index (χ3v) is 3.79. The highest BCUT2D eigenvalue weighted by molar-refractivity contribution is 9.10. The van der Waals surface area contributed by atoms with Crippen molar-refractivity contribution in [2.45, 2.75) is 6.54 Å². The van der Waals surface area contributed by atoms with Gasteiger partial charge in [0, 0.05) is 6.54 Å². The normalized spacial score (nSPS) is 10.0. The Morgan fingerprint density at radius 3 is 2.48 bits per heavy atom. The smallest absolute Gasteiger partial charge is 0.258 e. The molecule has 1 N–H and O–H groups in total. The highest BCUT2D eigenvalue weighted by Gasteiger charge is 2.07. The predicted molar refractivity (Wildman–Crippen MR) is 91.0 cm³/mol. The van der Waals surface area contributed by atoms with E-state index in [1.54, 1.807) is 26.4 Å². The van der Waals surface area contributed by atoms with Crippen molar-refractivity contribution in [2.24, 2.45) is 0 Å². The number of ether oxygens (including phenoxy) is 3. The lowest BCUT2D eigenvalue weighted by molar-refractivity contribution is -0.123. The maximum absolute atomic E-state index is 11.9. The number of carbonyl (C=O) groups is 1. The van der Waals surface area contributed by atoms with Crippen molar-refractivity contribution in [1.29, 1.82) is 0 Å². The third kappa shape index (κ3) is 4.89. The number of hydrogen-bond acceptors (Lipinski definition) is 4. The average Bonchev–Trinajstić information content (AvgIpc) is 2.58. The second kappa shape index (κ2) is 8.43. The summed E-state index contributed by atoms with van der Waals surface area (Å²) in [4.78, 5) is 11.9. The van der Waals surface area contributed by atoms with E-state index >= 15 is 0 Å². The fraction of sp³-hybridized carbons (Fsp3) is 0.235. The molecule has 0 radical (unpaired) electrons. The summed E-state index contributed by atoms with van der Waals surface area (Å²) >= 11 is 3.37. The van der Waals surface area contributed by atoms with Crippen LogP contribution >= 0.6 is 15.9 Å². The van der Waals surface area contributed by atoms with Crippen molar-refractivity contribution in [3.63, 3.8) is 0 Å². The van der Waals surface area contributed by atoms with E-state index in [1.807, 2.05) is 30.3 Å². The van der Waals surface area contributed by atoms with Crippen LogP contribution in [0.1, 0.15) is 5.56 Å². The van der Waals surface area contributed by atoms with Gasteiger partial charge in [0.1, 0.15) is 5.75 Å². The third-order valence-electron chi connectivity index (χ3n) is 3.13. The van der Waals surface area contributed by atoms with Crippen LogP contribution in [0.2, 0.25) is 0 Å². The fourth-order valence-corrected chi connectivity index (χ4v) is 2.35. The largest absolute Gasteiger partial charge is 0.493 e. The number of benzene rings is 2. The molecule has 23 heavy (non-hydrogen) atoms. The number of rotatable bonds is 7. The molecule has 0 aliphatic heterocycles. The van der Waals surface area contributed by atoms with Gasteiger partial charge in [0.2, 0.25) is 0 Å². The standard InChI is InChI=1S/C17H18BrNO4/c1-21-15-8-7-12(9-16(15)22-2)10-19-17(20)11-23-14-6-4-3-5-13(14)18/h3-9H,10-11H2,1-2H3,(H,19,20). The number of halogens is 1. The molecule has 2 aromatic carbocycles. The molecule has 0 fully saturated rings. The first kappa shape index (κ1) is 17.1. The van der Waals surface area contributed by atoms with E-state index in [2.05, 4.69) is 21.2 Å². The van der Waals surface area contributed by atoms with Gasteiger partial charge in [-0.05, 0) is 45.8 Å². The van der Waals surface area contributed by atoms with E-state index in [1.165, 1.54) is 0 Å². The molecule has 0 saturated carbocycles. The van der Waals surface area contributed by atoms with E-state index in [9.17, 15) is 4.79 Å². The zero-order chi connectivity index (χ0) is 16.7. The van der Waals surface area contributed by atoms with Crippen LogP contribution in [0.5, 0.6) is 17.2 Å². The van der Waals surface area contributed by atoms with E-state index in [-0.39, 0.29) is 12.5 Å². The van der Waals surface area contributed by atoms with Crippen LogP contribution in [-0.2, 0) is 11.3 Å². The van der Waals surface area contributed by atoms with Gasteiger partial charge in [-0.1, -0.05) is 18.2 Å². The molecular formula is C17H18BrNO4. The van der Waals surface area contributed by atoms with Gasteiger partial charge in [0.15, 0.2) is 18.1 Å². The molecule has 0 saturated heterocycles. The van der Waals surface area contributed by atoms with E-state index in [0.717, 1.165) is 10.0 Å². The summed E-state index contributed by atoms with van der Waals surface area (Å²) in [5.41, 5.74) is 0.914. The minimum absolute atomic E-state index is 0.0457. The Kier molecular flexibility index (Phi) is 6.29. The Hall–Kier alpha value is -2.21. The minimum atomic E-state index is -0.199. The molecule has 0 spiro atoms. The van der Waals surface area contributed by atoms with Gasteiger partial charge in [-0.3, -0.25) is 4.79 Å². The average molecular weight is 380 g/mol.